The average Bonchev–Trinajstić information content (AvgIpc) is 3.16. The van der Waals surface area contributed by atoms with Crippen molar-refractivity contribution in [2.45, 2.75) is 193 Å². The van der Waals surface area contributed by atoms with Crippen molar-refractivity contribution >= 4 is 19.8 Å². The molecule has 0 spiro atoms. The number of esters is 1. The first-order valence-corrected chi connectivity index (χ1v) is 23.2. The van der Waals surface area contributed by atoms with E-state index in [1.54, 1.807) is 0 Å². The maximum atomic E-state index is 12.6. The summed E-state index contributed by atoms with van der Waals surface area (Å²) < 4.78 is 33.3. The largest absolute Gasteiger partial charge is 0.480 e. The number of hydrogen-bond acceptors (Lipinski definition) is 8. The number of carbonyl (C=O) groups is 2. The molecule has 0 aliphatic rings. The number of phosphoric ester groups is 1. The first-order valence-electron chi connectivity index (χ1n) is 21.7. The van der Waals surface area contributed by atoms with Crippen molar-refractivity contribution in [3.8, 4) is 0 Å². The van der Waals surface area contributed by atoms with Crippen molar-refractivity contribution in [1.82, 2.24) is 0 Å². The van der Waals surface area contributed by atoms with E-state index in [0.29, 0.717) is 13.0 Å². The number of carboxylic acids is 1. The van der Waals surface area contributed by atoms with Gasteiger partial charge in [0.1, 0.15) is 12.1 Å². The van der Waals surface area contributed by atoms with Crippen LogP contribution in [0.15, 0.2) is 48.6 Å². The average molecular weight is 798 g/mol. The maximum Gasteiger partial charge on any atom is 0.472 e. The molecule has 0 rings (SSSR count). The van der Waals surface area contributed by atoms with E-state index in [1.807, 2.05) is 0 Å². The molecule has 0 aromatic carbocycles. The normalized spacial score (nSPS) is 14.4. The second kappa shape index (κ2) is 40.1. The maximum absolute atomic E-state index is 12.6. The second-order valence-corrected chi connectivity index (χ2v) is 15.9. The summed E-state index contributed by atoms with van der Waals surface area (Å²) in [5.41, 5.74) is 5.35. The lowest BCUT2D eigenvalue weighted by Gasteiger charge is -2.20. The molecule has 10 nitrogen and oxygen atoms in total. The van der Waals surface area contributed by atoms with Gasteiger partial charge in [0, 0.05) is 13.0 Å². The molecule has 3 atom stereocenters. The molecule has 0 aromatic heterocycles. The van der Waals surface area contributed by atoms with Crippen LogP contribution in [0.3, 0.4) is 0 Å². The number of ether oxygens (including phenoxy) is 2. The lowest BCUT2D eigenvalue weighted by atomic mass is 10.0. The van der Waals surface area contributed by atoms with Gasteiger partial charge in [0.05, 0.1) is 19.8 Å². The smallest absolute Gasteiger partial charge is 0.472 e. The van der Waals surface area contributed by atoms with Crippen molar-refractivity contribution in [3.63, 3.8) is 0 Å². The number of phosphoric acid groups is 1. The molecular formula is C44H80NO9P. The fourth-order valence-electron chi connectivity index (χ4n) is 5.77. The van der Waals surface area contributed by atoms with E-state index < -0.39 is 45.1 Å². The zero-order valence-electron chi connectivity index (χ0n) is 34.8. The lowest BCUT2D eigenvalue weighted by Crippen LogP contribution is -2.34. The van der Waals surface area contributed by atoms with Gasteiger partial charge in [-0.2, -0.15) is 0 Å². The Kier molecular flexibility index (Phi) is 38.6. The van der Waals surface area contributed by atoms with Crippen molar-refractivity contribution < 1.29 is 42.7 Å². The standard InChI is InChI=1S/C44H80NO9P/c1-3-5-7-9-11-13-15-17-18-19-20-21-22-23-25-27-29-31-33-35-37-51-38-41(39-52-55(49,50)53-40-42(45)44(47)48)54-43(46)36-34-32-30-28-26-24-16-14-12-10-8-6-4-2/h5,7,11,13,17-18,20-21,41-42H,3-4,6,8-10,12,14-16,19,22-40,45H2,1-2H3,(H,47,48)(H,49,50)/b7-5-,13-11-,18-17-,21-20-. The summed E-state index contributed by atoms with van der Waals surface area (Å²) in [4.78, 5) is 33.5. The fourth-order valence-corrected chi connectivity index (χ4v) is 6.55. The fraction of sp³-hybridized carbons (Fsp3) is 0.773. The first kappa shape index (κ1) is 52.9. The van der Waals surface area contributed by atoms with Gasteiger partial charge >= 0.3 is 19.8 Å². The first-order chi connectivity index (χ1) is 26.7. The molecule has 0 aromatic rings. The number of carbonyl (C=O) groups excluding carboxylic acids is 1. The zero-order valence-corrected chi connectivity index (χ0v) is 35.7. The van der Waals surface area contributed by atoms with E-state index >= 15 is 0 Å². The van der Waals surface area contributed by atoms with Gasteiger partial charge in [-0.25, -0.2) is 4.57 Å². The molecular weight excluding hydrogens is 717 g/mol. The number of unbranched alkanes of at least 4 members (excludes halogenated alkanes) is 19. The van der Waals surface area contributed by atoms with Gasteiger partial charge in [-0.3, -0.25) is 18.6 Å². The predicted molar refractivity (Wildman–Crippen MR) is 226 cm³/mol. The van der Waals surface area contributed by atoms with Crippen molar-refractivity contribution in [2.24, 2.45) is 5.73 Å². The molecule has 0 amide bonds. The van der Waals surface area contributed by atoms with E-state index in [0.717, 1.165) is 64.2 Å². The number of rotatable bonds is 41. The Labute approximate surface area is 335 Å². The number of allylic oxidation sites excluding steroid dienone is 8. The minimum Gasteiger partial charge on any atom is -0.480 e. The van der Waals surface area contributed by atoms with Gasteiger partial charge in [0.2, 0.25) is 0 Å². The Morgan fingerprint density at radius 1 is 0.600 bits per heavy atom. The third kappa shape index (κ3) is 39.9. The predicted octanol–water partition coefficient (Wildman–Crippen LogP) is 11.9. The van der Waals surface area contributed by atoms with Crippen LogP contribution in [0.4, 0.5) is 0 Å². The third-order valence-corrected chi connectivity index (χ3v) is 10.1. The highest BCUT2D eigenvalue weighted by Crippen LogP contribution is 2.43. The monoisotopic (exact) mass is 798 g/mol. The Bertz CT molecular complexity index is 1060. The van der Waals surface area contributed by atoms with Crippen LogP contribution in [0.2, 0.25) is 0 Å². The summed E-state index contributed by atoms with van der Waals surface area (Å²) in [6, 6.07) is -1.47. The molecule has 4 N–H and O–H groups in total. The van der Waals surface area contributed by atoms with Gasteiger partial charge in [-0.05, 0) is 51.4 Å². The molecule has 0 bridgehead atoms. The van der Waals surface area contributed by atoms with Crippen LogP contribution in [0, 0.1) is 0 Å². The molecule has 0 fully saturated rings. The Morgan fingerprint density at radius 3 is 1.58 bits per heavy atom. The minimum absolute atomic E-state index is 0.0102. The van der Waals surface area contributed by atoms with Crippen LogP contribution < -0.4 is 5.73 Å². The topological polar surface area (TPSA) is 155 Å². The Balaban J connectivity index is 4.23. The number of hydrogen-bond donors (Lipinski definition) is 3. The van der Waals surface area contributed by atoms with Crippen LogP contribution in [-0.2, 0) is 32.7 Å². The Morgan fingerprint density at radius 2 is 1.05 bits per heavy atom. The molecule has 320 valence electrons. The molecule has 0 saturated heterocycles. The molecule has 3 unspecified atom stereocenters. The van der Waals surface area contributed by atoms with Crippen molar-refractivity contribution in [3.05, 3.63) is 48.6 Å². The van der Waals surface area contributed by atoms with Crippen LogP contribution in [0.1, 0.15) is 181 Å². The summed E-state index contributed by atoms with van der Waals surface area (Å²) in [5, 5.41) is 8.89. The van der Waals surface area contributed by atoms with Gasteiger partial charge in [0.15, 0.2) is 0 Å². The highest BCUT2D eigenvalue weighted by atomic mass is 31.2. The zero-order chi connectivity index (χ0) is 40.5. The van der Waals surface area contributed by atoms with Crippen LogP contribution in [0.5, 0.6) is 0 Å². The molecule has 11 heteroatoms. The summed E-state index contributed by atoms with van der Waals surface area (Å²) >= 11 is 0. The summed E-state index contributed by atoms with van der Waals surface area (Å²) in [6.45, 7) is 3.74. The molecule has 0 aliphatic carbocycles. The van der Waals surface area contributed by atoms with Gasteiger partial charge < -0.3 is 25.2 Å². The van der Waals surface area contributed by atoms with Gasteiger partial charge in [-0.15, -0.1) is 0 Å². The van der Waals surface area contributed by atoms with Crippen LogP contribution in [0.25, 0.3) is 0 Å². The van der Waals surface area contributed by atoms with Gasteiger partial charge in [0.25, 0.3) is 0 Å². The molecule has 0 aliphatic heterocycles. The SMILES string of the molecule is CC/C=C\C/C=C\C/C=C\C/C=C\CCCCCCCCCOCC(COP(=O)(O)OCC(N)C(=O)O)OC(=O)CCCCCCCCCCCCCCC. The summed E-state index contributed by atoms with van der Waals surface area (Å²) in [5.74, 6) is -1.78. The van der Waals surface area contributed by atoms with Crippen molar-refractivity contribution in [2.75, 3.05) is 26.4 Å². The molecule has 55 heavy (non-hydrogen) atoms. The summed E-state index contributed by atoms with van der Waals surface area (Å²) in [7, 11) is -4.62. The number of nitrogens with two attached hydrogens (primary N) is 1. The van der Waals surface area contributed by atoms with E-state index in [-0.39, 0.29) is 13.0 Å². The third-order valence-electron chi connectivity index (χ3n) is 9.12. The van der Waals surface area contributed by atoms with E-state index in [9.17, 15) is 19.0 Å². The minimum atomic E-state index is -4.62. The second-order valence-electron chi connectivity index (χ2n) is 14.4. The number of carboxylic acid groups (broad SMARTS) is 1. The summed E-state index contributed by atoms with van der Waals surface area (Å²) in [6.07, 6.45) is 45.9. The van der Waals surface area contributed by atoms with Gasteiger partial charge in [-0.1, -0.05) is 172 Å². The van der Waals surface area contributed by atoms with E-state index in [2.05, 4.69) is 62.5 Å². The lowest BCUT2D eigenvalue weighted by molar-refractivity contribution is -0.154. The molecule has 0 heterocycles. The molecule has 0 saturated carbocycles. The highest BCUT2D eigenvalue weighted by molar-refractivity contribution is 7.47. The van der Waals surface area contributed by atoms with Crippen LogP contribution in [-0.4, -0.2) is 60.5 Å². The van der Waals surface area contributed by atoms with E-state index in [1.165, 1.54) is 89.9 Å². The highest BCUT2D eigenvalue weighted by Gasteiger charge is 2.27. The quantitative estimate of drug-likeness (QED) is 0.0236. The van der Waals surface area contributed by atoms with E-state index in [4.69, 9.17) is 29.4 Å². The molecule has 0 radical (unpaired) electrons. The van der Waals surface area contributed by atoms with Crippen LogP contribution >= 0.6 is 7.82 Å². The Hall–Kier alpha value is -2.07. The number of aliphatic carboxylic acids is 1. The van der Waals surface area contributed by atoms with Crippen molar-refractivity contribution in [1.29, 1.82) is 0 Å².